The molecule has 2 N–H and O–H groups in total. The number of carboxylic acids is 1. The summed E-state index contributed by atoms with van der Waals surface area (Å²) < 4.78 is 27.6. The first-order valence-corrected chi connectivity index (χ1v) is 9.47. The van der Waals surface area contributed by atoms with Gasteiger partial charge < -0.3 is 5.11 Å². The van der Waals surface area contributed by atoms with Gasteiger partial charge in [-0.2, -0.15) is 0 Å². The van der Waals surface area contributed by atoms with Gasteiger partial charge in [-0.1, -0.05) is 36.4 Å². The molecule has 0 aromatic heterocycles. The maximum Gasteiger partial charge on any atom is 0.335 e. The van der Waals surface area contributed by atoms with Gasteiger partial charge in [-0.25, -0.2) is 17.9 Å². The molecule has 1 aliphatic rings. The van der Waals surface area contributed by atoms with Crippen LogP contribution >= 0.6 is 0 Å². The lowest BCUT2D eigenvalue weighted by atomic mass is 9.89. The third-order valence-corrected chi connectivity index (χ3v) is 5.63. The Hall–Kier alpha value is -2.18. The van der Waals surface area contributed by atoms with E-state index in [2.05, 4.69) is 10.8 Å². The molecule has 0 amide bonds. The average Bonchev–Trinajstić information content (AvgIpc) is 2.54. The van der Waals surface area contributed by atoms with Crippen LogP contribution in [0.15, 0.2) is 48.5 Å². The zero-order chi connectivity index (χ0) is 17.2. The number of aryl methyl sites for hydroxylation is 1. The Morgan fingerprint density at radius 1 is 1.12 bits per heavy atom. The molecule has 2 aromatic carbocycles. The topological polar surface area (TPSA) is 83.5 Å². The fourth-order valence-electron chi connectivity index (χ4n) is 3.11. The highest BCUT2D eigenvalue weighted by Gasteiger charge is 2.23. The van der Waals surface area contributed by atoms with E-state index in [1.165, 1.54) is 23.3 Å². The van der Waals surface area contributed by atoms with Crippen molar-refractivity contribution in [1.29, 1.82) is 0 Å². The maximum absolute atomic E-state index is 12.4. The van der Waals surface area contributed by atoms with Crippen LogP contribution in [0.3, 0.4) is 0 Å². The van der Waals surface area contributed by atoms with Crippen molar-refractivity contribution in [3.05, 3.63) is 70.8 Å². The molecule has 3 rings (SSSR count). The molecule has 1 aliphatic carbocycles. The number of benzene rings is 2. The number of sulfonamides is 1. The Bertz CT molecular complexity index is 861. The zero-order valence-corrected chi connectivity index (χ0v) is 13.9. The number of carbonyl (C=O) groups is 1. The quantitative estimate of drug-likeness (QED) is 0.871. The first-order chi connectivity index (χ1) is 11.4. The molecule has 0 spiro atoms. The third kappa shape index (κ3) is 4.01. The standard InChI is InChI=1S/C18H19NO4S/c20-18(21)16-7-3-4-13(10-16)12-24(22,23)19-17-9-8-14-5-1-2-6-15(14)11-17/h1-7,10,17,19H,8-9,11-12H2,(H,20,21). The van der Waals surface area contributed by atoms with Gasteiger partial charge >= 0.3 is 5.97 Å². The number of hydrogen-bond acceptors (Lipinski definition) is 3. The molecule has 0 saturated heterocycles. The van der Waals surface area contributed by atoms with E-state index in [9.17, 15) is 13.2 Å². The predicted molar refractivity (Wildman–Crippen MR) is 91.4 cm³/mol. The van der Waals surface area contributed by atoms with Gasteiger partial charge in [-0.15, -0.1) is 0 Å². The summed E-state index contributed by atoms with van der Waals surface area (Å²) in [6, 6.07) is 14.0. The molecule has 0 radical (unpaired) electrons. The summed E-state index contributed by atoms with van der Waals surface area (Å²) in [7, 11) is -3.52. The van der Waals surface area contributed by atoms with Crippen LogP contribution in [0.4, 0.5) is 0 Å². The Kier molecular flexibility index (Phi) is 4.69. The Balaban J connectivity index is 1.69. The molecule has 1 atom stereocenters. The van der Waals surface area contributed by atoms with Crippen molar-refractivity contribution in [1.82, 2.24) is 4.72 Å². The summed E-state index contributed by atoms with van der Waals surface area (Å²) in [5.74, 6) is -1.28. The highest BCUT2D eigenvalue weighted by Crippen LogP contribution is 2.22. The third-order valence-electron chi connectivity index (χ3n) is 4.22. The maximum atomic E-state index is 12.4. The number of hydrogen-bond donors (Lipinski definition) is 2. The van der Waals surface area contributed by atoms with Crippen LogP contribution in [0, 0.1) is 0 Å². The molecule has 0 heterocycles. The van der Waals surface area contributed by atoms with Gasteiger partial charge in [-0.05, 0) is 48.1 Å². The van der Waals surface area contributed by atoms with Gasteiger partial charge in [0, 0.05) is 6.04 Å². The number of rotatable bonds is 5. The Labute approximate surface area is 141 Å². The minimum Gasteiger partial charge on any atom is -0.478 e. The van der Waals surface area contributed by atoms with E-state index in [-0.39, 0.29) is 17.4 Å². The second-order valence-corrected chi connectivity index (χ2v) is 7.84. The molecule has 126 valence electrons. The smallest absolute Gasteiger partial charge is 0.335 e. The van der Waals surface area contributed by atoms with Crippen LogP contribution in [-0.4, -0.2) is 25.5 Å². The minimum absolute atomic E-state index is 0.0919. The highest BCUT2D eigenvalue weighted by atomic mass is 32.2. The van der Waals surface area contributed by atoms with Crippen LogP contribution in [0.5, 0.6) is 0 Å². The number of fused-ring (bicyclic) bond motifs is 1. The minimum atomic E-state index is -3.52. The molecule has 0 fully saturated rings. The summed E-state index contributed by atoms with van der Waals surface area (Å²) in [6.07, 6.45) is 2.31. The fraction of sp³-hybridized carbons (Fsp3) is 0.278. The van der Waals surface area contributed by atoms with Crippen molar-refractivity contribution in [2.75, 3.05) is 0 Å². The molecule has 2 aromatic rings. The fourth-order valence-corrected chi connectivity index (χ4v) is 4.52. The normalized spacial score (nSPS) is 17.2. The molecular formula is C18H19NO4S. The van der Waals surface area contributed by atoms with Crippen LogP contribution in [0.25, 0.3) is 0 Å². The number of carboxylic acid groups (broad SMARTS) is 1. The van der Waals surface area contributed by atoms with E-state index < -0.39 is 16.0 Å². The summed E-state index contributed by atoms with van der Waals surface area (Å²) in [5, 5.41) is 9.00. The van der Waals surface area contributed by atoms with Gasteiger partial charge in [0.2, 0.25) is 10.0 Å². The molecule has 1 unspecified atom stereocenters. The van der Waals surface area contributed by atoms with Crippen LogP contribution < -0.4 is 4.72 Å². The Morgan fingerprint density at radius 2 is 1.88 bits per heavy atom. The van der Waals surface area contributed by atoms with E-state index in [1.54, 1.807) is 12.1 Å². The van der Waals surface area contributed by atoms with Crippen LogP contribution in [-0.2, 0) is 28.6 Å². The molecule has 6 heteroatoms. The average molecular weight is 345 g/mol. The van der Waals surface area contributed by atoms with Crippen molar-refractivity contribution in [3.8, 4) is 0 Å². The first kappa shape index (κ1) is 16.7. The monoisotopic (exact) mass is 345 g/mol. The van der Waals surface area contributed by atoms with Crippen molar-refractivity contribution in [2.45, 2.75) is 31.1 Å². The summed E-state index contributed by atoms with van der Waals surface area (Å²) in [5.41, 5.74) is 3.03. The van der Waals surface area contributed by atoms with Gasteiger partial charge in [-0.3, -0.25) is 0 Å². The second kappa shape index (κ2) is 6.75. The molecular weight excluding hydrogens is 326 g/mol. The van der Waals surface area contributed by atoms with Gasteiger partial charge in [0.1, 0.15) is 0 Å². The summed E-state index contributed by atoms with van der Waals surface area (Å²) in [6.45, 7) is 0. The number of aromatic carboxylic acids is 1. The molecule has 0 aliphatic heterocycles. The van der Waals surface area contributed by atoms with E-state index in [1.807, 2.05) is 18.2 Å². The van der Waals surface area contributed by atoms with Crippen LogP contribution in [0.1, 0.15) is 33.5 Å². The lowest BCUT2D eigenvalue weighted by molar-refractivity contribution is 0.0696. The predicted octanol–water partition coefficient (Wildman–Crippen LogP) is 2.36. The van der Waals surface area contributed by atoms with E-state index in [0.29, 0.717) is 12.0 Å². The highest BCUT2D eigenvalue weighted by molar-refractivity contribution is 7.88. The van der Waals surface area contributed by atoms with Crippen LogP contribution in [0.2, 0.25) is 0 Å². The molecule has 0 bridgehead atoms. The zero-order valence-electron chi connectivity index (χ0n) is 13.1. The largest absolute Gasteiger partial charge is 0.478 e. The van der Waals surface area contributed by atoms with Gasteiger partial charge in [0.15, 0.2) is 0 Å². The Morgan fingerprint density at radius 3 is 2.62 bits per heavy atom. The lowest BCUT2D eigenvalue weighted by Gasteiger charge is -2.25. The van der Waals surface area contributed by atoms with E-state index in [0.717, 1.165) is 12.8 Å². The van der Waals surface area contributed by atoms with Crippen molar-refractivity contribution in [3.63, 3.8) is 0 Å². The van der Waals surface area contributed by atoms with Crippen molar-refractivity contribution < 1.29 is 18.3 Å². The summed E-state index contributed by atoms with van der Waals surface area (Å²) >= 11 is 0. The second-order valence-electron chi connectivity index (χ2n) is 6.09. The molecule has 24 heavy (non-hydrogen) atoms. The van der Waals surface area contributed by atoms with Crippen molar-refractivity contribution >= 4 is 16.0 Å². The van der Waals surface area contributed by atoms with Gasteiger partial charge in [0.05, 0.1) is 11.3 Å². The lowest BCUT2D eigenvalue weighted by Crippen LogP contribution is -2.39. The van der Waals surface area contributed by atoms with Gasteiger partial charge in [0.25, 0.3) is 0 Å². The first-order valence-electron chi connectivity index (χ1n) is 7.82. The molecule has 5 nitrogen and oxygen atoms in total. The van der Waals surface area contributed by atoms with E-state index in [4.69, 9.17) is 5.11 Å². The molecule has 0 saturated carbocycles. The SMILES string of the molecule is O=C(O)c1cccc(CS(=O)(=O)NC2CCc3ccccc3C2)c1. The van der Waals surface area contributed by atoms with E-state index >= 15 is 0 Å². The summed E-state index contributed by atoms with van der Waals surface area (Å²) in [4.78, 5) is 11.0. The van der Waals surface area contributed by atoms with Crippen molar-refractivity contribution in [2.24, 2.45) is 0 Å². The number of nitrogens with one attached hydrogen (secondary N) is 1.